The van der Waals surface area contributed by atoms with E-state index in [0.29, 0.717) is 54.8 Å². The number of alkyl carbamates (subject to hydrolysis) is 1. The Morgan fingerprint density at radius 2 is 1.72 bits per heavy atom. The summed E-state index contributed by atoms with van der Waals surface area (Å²) in [6.45, 7) is 7.09. The van der Waals surface area contributed by atoms with Gasteiger partial charge in [0.05, 0.1) is 12.6 Å². The van der Waals surface area contributed by atoms with Crippen LogP contribution in [-0.2, 0) is 19.1 Å². The minimum Gasteiger partial charge on any atom is -0.460 e. The molecule has 3 atom stereocenters. The second-order valence-electron chi connectivity index (χ2n) is 14.4. The molecular formula is C36H50FN3O7. The van der Waals surface area contributed by atoms with E-state index in [-0.39, 0.29) is 41.9 Å². The molecule has 2 heterocycles. The van der Waals surface area contributed by atoms with Gasteiger partial charge in [-0.25, -0.2) is 14.0 Å². The van der Waals surface area contributed by atoms with Crippen molar-refractivity contribution in [3.05, 3.63) is 30.0 Å². The van der Waals surface area contributed by atoms with Crippen molar-refractivity contribution in [2.24, 2.45) is 23.7 Å². The van der Waals surface area contributed by atoms with Gasteiger partial charge >= 0.3 is 12.1 Å². The summed E-state index contributed by atoms with van der Waals surface area (Å²) in [5, 5.41) is 6.43. The topological polar surface area (TPSA) is 127 Å². The third-order valence-corrected chi connectivity index (χ3v) is 10.1. The summed E-state index contributed by atoms with van der Waals surface area (Å²) in [5.41, 5.74) is 0.397. The van der Waals surface area contributed by atoms with Crippen molar-refractivity contribution in [3.63, 3.8) is 0 Å². The minimum absolute atomic E-state index is 0.0109. The summed E-state index contributed by atoms with van der Waals surface area (Å²) >= 11 is 0. The predicted octanol–water partition coefficient (Wildman–Crippen LogP) is 7.01. The molecular weight excluding hydrogens is 605 g/mol. The number of rotatable bonds is 9. The zero-order valence-corrected chi connectivity index (χ0v) is 28.1. The molecule has 11 heteroatoms. The summed E-state index contributed by atoms with van der Waals surface area (Å²) in [6.07, 6.45) is 8.13. The molecule has 258 valence electrons. The van der Waals surface area contributed by atoms with E-state index in [1.54, 1.807) is 56.9 Å². The Morgan fingerprint density at radius 3 is 2.38 bits per heavy atom. The van der Waals surface area contributed by atoms with Crippen molar-refractivity contribution in [1.82, 2.24) is 10.2 Å². The molecule has 10 nitrogen and oxygen atoms in total. The van der Waals surface area contributed by atoms with Crippen LogP contribution in [0.2, 0.25) is 0 Å². The molecule has 0 radical (unpaired) electrons. The van der Waals surface area contributed by atoms with Gasteiger partial charge in [-0.05, 0) is 102 Å². The van der Waals surface area contributed by atoms with Crippen LogP contribution < -0.4 is 10.6 Å². The van der Waals surface area contributed by atoms with Gasteiger partial charge in [0.25, 0.3) is 0 Å². The van der Waals surface area contributed by atoms with E-state index < -0.39 is 36.4 Å². The Bertz CT molecular complexity index is 1420. The monoisotopic (exact) mass is 655 g/mol. The third kappa shape index (κ3) is 8.46. The van der Waals surface area contributed by atoms with E-state index in [1.165, 1.54) is 6.42 Å². The number of esters is 1. The number of hydrogen-bond donors (Lipinski definition) is 2. The van der Waals surface area contributed by atoms with Crippen LogP contribution in [0, 0.1) is 23.7 Å². The highest BCUT2D eigenvalue weighted by molar-refractivity contribution is 6.00. The van der Waals surface area contributed by atoms with Gasteiger partial charge in [0.1, 0.15) is 23.9 Å². The van der Waals surface area contributed by atoms with Gasteiger partial charge in [0.15, 0.2) is 0 Å². The number of furan rings is 1. The maximum absolute atomic E-state index is 14.1. The number of likely N-dealkylation sites (tertiary alicyclic amines) is 1. The zero-order chi connectivity index (χ0) is 33.7. The van der Waals surface area contributed by atoms with Gasteiger partial charge in [-0.15, -0.1) is 0 Å². The lowest BCUT2D eigenvalue weighted by atomic mass is 9.76. The Hall–Kier alpha value is -3.63. The Balaban J connectivity index is 1.27. The molecule has 2 N–H and O–H groups in total. The third-order valence-electron chi connectivity index (χ3n) is 10.1. The number of nitrogens with one attached hydrogen (secondary N) is 2. The molecule has 1 aromatic carbocycles. The fraction of sp³-hybridized carbons (Fsp3) is 0.667. The SMILES string of the molecule is CCOC(=O)c1cc2cc(NC(=O)[C@@H]3[C@H](C4CCCCC4)CCN3C(=O)[C@H]3CC[C@H]([C@@H](CF)NC(=O)OC(C)(C)C)CC3)ccc2o1. The molecule has 47 heavy (non-hydrogen) atoms. The van der Waals surface area contributed by atoms with E-state index >= 15 is 0 Å². The van der Waals surface area contributed by atoms with Gasteiger partial charge < -0.3 is 29.4 Å². The van der Waals surface area contributed by atoms with E-state index in [0.717, 1.165) is 32.1 Å². The molecule has 2 aromatic rings. The van der Waals surface area contributed by atoms with Crippen molar-refractivity contribution in [3.8, 4) is 0 Å². The number of hydrogen-bond acceptors (Lipinski definition) is 7. The molecule has 5 rings (SSSR count). The molecule has 0 unspecified atom stereocenters. The summed E-state index contributed by atoms with van der Waals surface area (Å²) in [7, 11) is 0. The van der Waals surface area contributed by atoms with Crippen LogP contribution in [0.25, 0.3) is 11.0 Å². The molecule has 1 aliphatic heterocycles. The van der Waals surface area contributed by atoms with Gasteiger partial charge in [-0.1, -0.05) is 32.1 Å². The van der Waals surface area contributed by atoms with Crippen LogP contribution >= 0.6 is 0 Å². The van der Waals surface area contributed by atoms with Crippen molar-refractivity contribution in [1.29, 1.82) is 0 Å². The maximum Gasteiger partial charge on any atom is 0.407 e. The van der Waals surface area contributed by atoms with E-state index in [2.05, 4.69) is 10.6 Å². The lowest BCUT2D eigenvalue weighted by Gasteiger charge is -2.37. The standard InChI is InChI=1S/C36H50FN3O7/c1-5-45-34(43)30-20-25-19-26(15-16-29(25)46-30)38-32(41)31-27(22-9-7-6-8-10-22)17-18-40(31)33(42)24-13-11-23(12-14-24)28(21-37)39-35(44)47-36(2,3)4/h15-16,19-20,22-24,27-28,31H,5-14,17-18,21H2,1-4H3,(H,38,41)(H,39,44)/t23-,24-,27-,28+,31-/m0/s1. The fourth-order valence-corrected chi connectivity index (χ4v) is 7.84. The first-order valence-corrected chi connectivity index (χ1v) is 17.3. The van der Waals surface area contributed by atoms with Crippen LogP contribution in [0.4, 0.5) is 14.9 Å². The van der Waals surface area contributed by atoms with Crippen LogP contribution in [0.1, 0.15) is 102 Å². The van der Waals surface area contributed by atoms with Gasteiger partial charge in [0, 0.05) is 23.5 Å². The first kappa shape index (κ1) is 34.7. The quantitative estimate of drug-likeness (QED) is 0.278. The number of ether oxygens (including phenoxy) is 2. The number of nitrogens with zero attached hydrogens (tertiary/aromatic N) is 1. The highest BCUT2D eigenvalue weighted by Gasteiger charge is 2.47. The molecule has 1 aromatic heterocycles. The summed E-state index contributed by atoms with van der Waals surface area (Å²) in [6, 6.07) is 5.58. The van der Waals surface area contributed by atoms with Gasteiger partial charge in [-0.3, -0.25) is 9.59 Å². The Labute approximate surface area is 276 Å². The number of carbonyl (C=O) groups excluding carboxylic acids is 4. The predicted molar refractivity (Wildman–Crippen MR) is 176 cm³/mol. The normalized spacial score (nSPS) is 24.5. The highest BCUT2D eigenvalue weighted by Crippen LogP contribution is 2.41. The second kappa shape index (κ2) is 15.1. The fourth-order valence-electron chi connectivity index (χ4n) is 7.84. The Kier molecular flexibility index (Phi) is 11.1. The lowest BCUT2D eigenvalue weighted by Crippen LogP contribution is -2.50. The van der Waals surface area contributed by atoms with E-state index in [1.807, 2.05) is 0 Å². The average Bonchev–Trinajstić information content (AvgIpc) is 3.68. The zero-order valence-electron chi connectivity index (χ0n) is 28.1. The maximum atomic E-state index is 14.1. The lowest BCUT2D eigenvalue weighted by molar-refractivity contribution is -0.142. The van der Waals surface area contributed by atoms with Crippen LogP contribution in [0.3, 0.4) is 0 Å². The van der Waals surface area contributed by atoms with Gasteiger partial charge in [0.2, 0.25) is 17.6 Å². The van der Waals surface area contributed by atoms with Crippen molar-refractivity contribution in [2.75, 3.05) is 25.1 Å². The van der Waals surface area contributed by atoms with Crippen LogP contribution in [0.15, 0.2) is 28.7 Å². The number of anilines is 1. The first-order valence-electron chi connectivity index (χ1n) is 17.3. The number of alkyl halides is 1. The largest absolute Gasteiger partial charge is 0.460 e. The minimum atomic E-state index is -0.700. The summed E-state index contributed by atoms with van der Waals surface area (Å²) in [5.74, 6) is -0.528. The smallest absolute Gasteiger partial charge is 0.407 e. The second-order valence-corrected chi connectivity index (χ2v) is 14.4. The molecule has 0 spiro atoms. The molecule has 3 amide bonds. The average molecular weight is 656 g/mol. The molecule has 2 aliphatic carbocycles. The first-order chi connectivity index (χ1) is 22.5. The van der Waals surface area contributed by atoms with Crippen LogP contribution in [0.5, 0.6) is 0 Å². The van der Waals surface area contributed by atoms with Gasteiger partial charge in [-0.2, -0.15) is 0 Å². The number of benzene rings is 1. The van der Waals surface area contributed by atoms with E-state index in [9.17, 15) is 23.6 Å². The number of carbonyl (C=O) groups is 4. The molecule has 3 fully saturated rings. The summed E-state index contributed by atoms with van der Waals surface area (Å²) < 4.78 is 30.0. The van der Waals surface area contributed by atoms with E-state index in [4.69, 9.17) is 13.9 Å². The van der Waals surface area contributed by atoms with Crippen molar-refractivity contribution < 1.29 is 37.5 Å². The number of halogens is 1. The summed E-state index contributed by atoms with van der Waals surface area (Å²) in [4.78, 5) is 54.5. The Morgan fingerprint density at radius 1 is 1.00 bits per heavy atom. The number of amides is 3. The van der Waals surface area contributed by atoms with Crippen molar-refractivity contribution in [2.45, 2.75) is 110 Å². The molecule has 2 saturated carbocycles. The molecule has 3 aliphatic rings. The van der Waals surface area contributed by atoms with Crippen LogP contribution in [-0.4, -0.2) is 66.3 Å². The number of fused-ring (bicyclic) bond motifs is 1. The molecule has 1 saturated heterocycles. The van der Waals surface area contributed by atoms with Crippen molar-refractivity contribution >= 4 is 40.5 Å². The molecule has 0 bridgehead atoms. The highest BCUT2D eigenvalue weighted by atomic mass is 19.1.